The Morgan fingerprint density at radius 3 is 2.67 bits per heavy atom. The maximum Gasteiger partial charge on any atom is 0.141 e. The summed E-state index contributed by atoms with van der Waals surface area (Å²) >= 11 is 0. The van der Waals surface area contributed by atoms with Gasteiger partial charge in [-0.05, 0) is 38.9 Å². The van der Waals surface area contributed by atoms with Crippen molar-refractivity contribution < 1.29 is 9.13 Å². The van der Waals surface area contributed by atoms with Crippen molar-refractivity contribution in [2.75, 3.05) is 33.9 Å². The summed E-state index contributed by atoms with van der Waals surface area (Å²) in [6.07, 6.45) is 3.32. The summed E-state index contributed by atoms with van der Waals surface area (Å²) < 4.78 is 18.1. The van der Waals surface area contributed by atoms with Gasteiger partial charge in [0.1, 0.15) is 5.82 Å². The fourth-order valence-corrected chi connectivity index (χ4v) is 2.35. The summed E-state index contributed by atoms with van der Waals surface area (Å²) in [6, 6.07) is 3.88. The van der Waals surface area contributed by atoms with Gasteiger partial charge in [-0.2, -0.15) is 0 Å². The number of ether oxygens (including phenoxy) is 1. The standard InChI is InChI=1S/C16H28FN3O/c1-5-13(2)20(10-11-21-4)9-8-15(18-3)16-7-6-14(17)12-19-16/h6-7,12-13,15,18H,5,8-11H2,1-4H3. The van der Waals surface area contributed by atoms with E-state index in [1.165, 1.54) is 12.3 Å². The maximum atomic E-state index is 13.0. The van der Waals surface area contributed by atoms with Crippen LogP contribution in [-0.2, 0) is 4.74 Å². The molecule has 0 aliphatic heterocycles. The van der Waals surface area contributed by atoms with E-state index in [-0.39, 0.29) is 11.9 Å². The Hall–Kier alpha value is -1.04. The second-order valence-electron chi connectivity index (χ2n) is 5.32. The summed E-state index contributed by atoms with van der Waals surface area (Å²) in [7, 11) is 3.64. The number of nitrogens with one attached hydrogen (secondary N) is 1. The molecule has 0 radical (unpaired) electrons. The first-order chi connectivity index (χ1) is 10.1. The van der Waals surface area contributed by atoms with Crippen molar-refractivity contribution in [3.63, 3.8) is 0 Å². The molecule has 1 heterocycles. The minimum absolute atomic E-state index is 0.139. The van der Waals surface area contributed by atoms with Crippen molar-refractivity contribution in [3.8, 4) is 0 Å². The van der Waals surface area contributed by atoms with E-state index in [4.69, 9.17) is 4.74 Å². The second kappa shape index (κ2) is 9.82. The fourth-order valence-electron chi connectivity index (χ4n) is 2.35. The molecule has 120 valence electrons. The van der Waals surface area contributed by atoms with Crippen LogP contribution in [0.2, 0.25) is 0 Å². The van der Waals surface area contributed by atoms with Gasteiger partial charge in [-0.15, -0.1) is 0 Å². The smallest absolute Gasteiger partial charge is 0.141 e. The monoisotopic (exact) mass is 297 g/mol. The highest BCUT2D eigenvalue weighted by Gasteiger charge is 2.16. The third-order valence-electron chi connectivity index (χ3n) is 3.96. The Labute approximate surface area is 127 Å². The number of pyridine rings is 1. The molecule has 0 aliphatic carbocycles. The van der Waals surface area contributed by atoms with Gasteiger partial charge < -0.3 is 10.1 Å². The van der Waals surface area contributed by atoms with Gasteiger partial charge in [0.2, 0.25) is 0 Å². The van der Waals surface area contributed by atoms with Gasteiger partial charge >= 0.3 is 0 Å². The molecule has 0 saturated carbocycles. The van der Waals surface area contributed by atoms with Gasteiger partial charge in [-0.1, -0.05) is 6.92 Å². The zero-order chi connectivity index (χ0) is 15.7. The van der Waals surface area contributed by atoms with Crippen LogP contribution in [0.5, 0.6) is 0 Å². The summed E-state index contributed by atoms with van der Waals surface area (Å²) in [5, 5.41) is 3.26. The lowest BCUT2D eigenvalue weighted by Crippen LogP contribution is -2.37. The van der Waals surface area contributed by atoms with Crippen molar-refractivity contribution in [2.24, 2.45) is 0 Å². The van der Waals surface area contributed by atoms with Crippen LogP contribution in [-0.4, -0.2) is 49.8 Å². The van der Waals surface area contributed by atoms with E-state index in [2.05, 4.69) is 29.0 Å². The quantitative estimate of drug-likeness (QED) is 0.720. The lowest BCUT2D eigenvalue weighted by atomic mass is 10.1. The topological polar surface area (TPSA) is 37.4 Å². The molecular weight excluding hydrogens is 269 g/mol. The average molecular weight is 297 g/mol. The van der Waals surface area contributed by atoms with Crippen molar-refractivity contribution in [1.29, 1.82) is 0 Å². The van der Waals surface area contributed by atoms with E-state index in [1.807, 2.05) is 7.05 Å². The lowest BCUT2D eigenvalue weighted by molar-refractivity contribution is 0.119. The number of aromatic nitrogens is 1. The summed E-state index contributed by atoms with van der Waals surface area (Å²) in [5.74, 6) is -0.296. The molecule has 0 saturated heterocycles. The highest BCUT2D eigenvalue weighted by atomic mass is 19.1. The van der Waals surface area contributed by atoms with Crippen LogP contribution in [0.25, 0.3) is 0 Å². The number of hydrogen-bond acceptors (Lipinski definition) is 4. The molecule has 21 heavy (non-hydrogen) atoms. The highest BCUT2D eigenvalue weighted by Crippen LogP contribution is 2.16. The average Bonchev–Trinajstić information content (AvgIpc) is 2.51. The molecule has 0 aliphatic rings. The fraction of sp³-hybridized carbons (Fsp3) is 0.688. The molecule has 4 nitrogen and oxygen atoms in total. The largest absolute Gasteiger partial charge is 0.383 e. The minimum atomic E-state index is -0.296. The van der Waals surface area contributed by atoms with E-state index in [0.717, 1.165) is 38.2 Å². The zero-order valence-corrected chi connectivity index (χ0v) is 13.6. The van der Waals surface area contributed by atoms with E-state index in [1.54, 1.807) is 13.2 Å². The molecule has 0 spiro atoms. The van der Waals surface area contributed by atoms with Crippen molar-refractivity contribution in [2.45, 2.75) is 38.8 Å². The van der Waals surface area contributed by atoms with Crippen LogP contribution in [0.3, 0.4) is 0 Å². The molecule has 1 aromatic heterocycles. The molecule has 1 N–H and O–H groups in total. The van der Waals surface area contributed by atoms with Crippen LogP contribution < -0.4 is 5.32 Å². The van der Waals surface area contributed by atoms with E-state index >= 15 is 0 Å². The maximum absolute atomic E-state index is 13.0. The second-order valence-corrected chi connectivity index (χ2v) is 5.32. The third kappa shape index (κ3) is 6.08. The SMILES string of the molecule is CCC(C)N(CCOC)CCC(NC)c1ccc(F)cn1. The summed E-state index contributed by atoms with van der Waals surface area (Å²) in [6.45, 7) is 7.06. The van der Waals surface area contributed by atoms with Gasteiger partial charge in [0.25, 0.3) is 0 Å². The molecular formula is C16H28FN3O. The molecule has 0 bridgehead atoms. The summed E-state index contributed by atoms with van der Waals surface area (Å²) in [5.41, 5.74) is 0.884. The lowest BCUT2D eigenvalue weighted by Gasteiger charge is -2.29. The van der Waals surface area contributed by atoms with Gasteiger partial charge in [0.15, 0.2) is 0 Å². The van der Waals surface area contributed by atoms with Crippen LogP contribution in [0.4, 0.5) is 4.39 Å². The molecule has 0 aromatic carbocycles. The Morgan fingerprint density at radius 2 is 2.14 bits per heavy atom. The first kappa shape index (κ1) is 18.0. The van der Waals surface area contributed by atoms with Crippen molar-refractivity contribution in [3.05, 3.63) is 29.8 Å². The Balaban J connectivity index is 2.60. The van der Waals surface area contributed by atoms with Crippen LogP contribution in [0.15, 0.2) is 18.3 Å². The Morgan fingerprint density at radius 1 is 1.38 bits per heavy atom. The molecule has 2 unspecified atom stereocenters. The van der Waals surface area contributed by atoms with Gasteiger partial charge in [0, 0.05) is 26.2 Å². The van der Waals surface area contributed by atoms with Gasteiger partial charge in [0.05, 0.1) is 24.5 Å². The number of methoxy groups -OCH3 is 1. The molecule has 0 amide bonds. The van der Waals surface area contributed by atoms with E-state index in [0.29, 0.717) is 6.04 Å². The van der Waals surface area contributed by atoms with E-state index < -0.39 is 0 Å². The zero-order valence-electron chi connectivity index (χ0n) is 13.6. The first-order valence-electron chi connectivity index (χ1n) is 7.64. The number of nitrogens with zero attached hydrogens (tertiary/aromatic N) is 2. The Bertz CT molecular complexity index is 386. The van der Waals surface area contributed by atoms with Gasteiger partial charge in [-0.3, -0.25) is 9.88 Å². The van der Waals surface area contributed by atoms with E-state index in [9.17, 15) is 4.39 Å². The molecule has 5 heteroatoms. The van der Waals surface area contributed by atoms with Crippen LogP contribution in [0.1, 0.15) is 38.4 Å². The number of halogens is 1. The number of rotatable bonds is 10. The molecule has 0 fully saturated rings. The highest BCUT2D eigenvalue weighted by molar-refractivity contribution is 5.09. The summed E-state index contributed by atoms with van der Waals surface area (Å²) in [4.78, 5) is 6.60. The minimum Gasteiger partial charge on any atom is -0.383 e. The predicted octanol–water partition coefficient (Wildman–Crippen LogP) is 2.62. The predicted molar refractivity (Wildman–Crippen MR) is 83.8 cm³/mol. The van der Waals surface area contributed by atoms with Crippen molar-refractivity contribution in [1.82, 2.24) is 15.2 Å². The van der Waals surface area contributed by atoms with Gasteiger partial charge in [-0.25, -0.2) is 4.39 Å². The molecule has 1 aromatic rings. The normalized spacial score (nSPS) is 14.4. The third-order valence-corrected chi connectivity index (χ3v) is 3.96. The first-order valence-corrected chi connectivity index (χ1v) is 7.64. The van der Waals surface area contributed by atoms with Crippen LogP contribution >= 0.6 is 0 Å². The molecule has 2 atom stereocenters. The molecule has 1 rings (SSSR count). The number of hydrogen-bond donors (Lipinski definition) is 1. The van der Waals surface area contributed by atoms with Crippen molar-refractivity contribution >= 4 is 0 Å². The van der Waals surface area contributed by atoms with Crippen LogP contribution in [0, 0.1) is 5.82 Å². The Kier molecular flexibility index (Phi) is 8.42.